The van der Waals surface area contributed by atoms with Gasteiger partial charge in [0.1, 0.15) is 16.4 Å². The minimum absolute atomic E-state index is 0.0251. The lowest BCUT2D eigenvalue weighted by Crippen LogP contribution is -2.28. The van der Waals surface area contributed by atoms with Crippen molar-refractivity contribution in [2.75, 3.05) is 5.32 Å². The first-order valence-corrected chi connectivity index (χ1v) is 9.32. The number of thiazole rings is 1. The Balaban J connectivity index is 1.56. The number of urea groups is 1. The van der Waals surface area contributed by atoms with Crippen LogP contribution in [0.4, 0.5) is 10.5 Å². The maximum atomic E-state index is 12.1. The van der Waals surface area contributed by atoms with Crippen LogP contribution in [0.15, 0.2) is 23.6 Å². The average molecular weight is 359 g/mol. The van der Waals surface area contributed by atoms with Crippen LogP contribution in [0.5, 0.6) is 5.75 Å². The van der Waals surface area contributed by atoms with Gasteiger partial charge in [-0.3, -0.25) is 0 Å². The quantitative estimate of drug-likeness (QED) is 0.849. The molecule has 25 heavy (non-hydrogen) atoms. The first-order chi connectivity index (χ1) is 11.6. The predicted octanol–water partition coefficient (Wildman–Crippen LogP) is 4.48. The van der Waals surface area contributed by atoms with E-state index in [1.165, 1.54) is 0 Å². The molecule has 0 aliphatic carbocycles. The number of carbonyl (C=O) groups excluding carboxylic acids is 1. The zero-order valence-electron chi connectivity index (χ0n) is 15.4. The molecule has 0 saturated heterocycles. The summed E-state index contributed by atoms with van der Waals surface area (Å²) in [5.74, 6) is 0.897. The fourth-order valence-corrected chi connectivity index (χ4v) is 3.72. The van der Waals surface area contributed by atoms with Gasteiger partial charge in [-0.2, -0.15) is 0 Å². The van der Waals surface area contributed by atoms with E-state index in [9.17, 15) is 4.79 Å². The van der Waals surface area contributed by atoms with Crippen LogP contribution < -0.4 is 15.4 Å². The molecule has 1 aromatic heterocycles. The highest BCUT2D eigenvalue weighted by Gasteiger charge is 2.30. The number of anilines is 1. The molecule has 5 nitrogen and oxygen atoms in total. The van der Waals surface area contributed by atoms with Gasteiger partial charge in [0.05, 0.1) is 12.2 Å². The van der Waals surface area contributed by atoms with Crippen molar-refractivity contribution in [3.63, 3.8) is 0 Å². The van der Waals surface area contributed by atoms with E-state index in [2.05, 4.69) is 55.6 Å². The molecule has 3 rings (SSSR count). The smallest absolute Gasteiger partial charge is 0.319 e. The number of fused-ring (bicyclic) bond motifs is 1. The molecule has 6 heteroatoms. The Morgan fingerprint density at radius 1 is 1.36 bits per heavy atom. The zero-order valence-corrected chi connectivity index (χ0v) is 16.2. The number of benzene rings is 1. The highest BCUT2D eigenvalue weighted by Crippen LogP contribution is 2.36. The van der Waals surface area contributed by atoms with Gasteiger partial charge < -0.3 is 15.4 Å². The van der Waals surface area contributed by atoms with Gasteiger partial charge in [-0.1, -0.05) is 20.8 Å². The molecule has 2 amide bonds. The van der Waals surface area contributed by atoms with Crippen LogP contribution in [0.3, 0.4) is 0 Å². The summed E-state index contributed by atoms with van der Waals surface area (Å²) in [6.07, 6.45) is 0.841. The number of nitrogens with one attached hydrogen (secondary N) is 2. The Kier molecular flexibility index (Phi) is 4.49. The summed E-state index contributed by atoms with van der Waals surface area (Å²) in [4.78, 5) is 16.7. The molecule has 1 aliphatic heterocycles. The maximum Gasteiger partial charge on any atom is 0.319 e. The number of ether oxygens (including phenoxy) is 1. The van der Waals surface area contributed by atoms with Crippen LogP contribution in [0.1, 0.15) is 50.9 Å². The normalized spacial score (nSPS) is 15.4. The molecular formula is C19H25N3O2S. The van der Waals surface area contributed by atoms with Crippen LogP contribution in [0.2, 0.25) is 0 Å². The lowest BCUT2D eigenvalue weighted by atomic mass is 9.93. The van der Waals surface area contributed by atoms with E-state index in [4.69, 9.17) is 4.74 Å². The molecule has 0 bridgehead atoms. The molecule has 0 unspecified atom stereocenters. The summed E-state index contributed by atoms with van der Waals surface area (Å²) in [5.41, 5.74) is 2.79. The van der Waals surface area contributed by atoms with Gasteiger partial charge in [-0.05, 0) is 32.0 Å². The molecule has 0 saturated carbocycles. The van der Waals surface area contributed by atoms with Crippen molar-refractivity contribution in [2.45, 2.75) is 58.6 Å². The number of rotatable bonds is 3. The second-order valence-corrected chi connectivity index (χ2v) is 8.99. The van der Waals surface area contributed by atoms with Crippen LogP contribution >= 0.6 is 11.3 Å². The third kappa shape index (κ3) is 4.31. The maximum absolute atomic E-state index is 12.1. The first kappa shape index (κ1) is 17.7. The summed E-state index contributed by atoms with van der Waals surface area (Å²) in [6.45, 7) is 10.9. The minimum atomic E-state index is -0.231. The molecule has 2 aromatic rings. The van der Waals surface area contributed by atoms with Crippen LogP contribution in [0, 0.1) is 0 Å². The van der Waals surface area contributed by atoms with Gasteiger partial charge in [0.25, 0.3) is 0 Å². The number of amides is 2. The second-order valence-electron chi connectivity index (χ2n) is 8.05. The Hall–Kier alpha value is -2.08. The molecule has 0 fully saturated rings. The Labute approximate surface area is 152 Å². The number of carbonyl (C=O) groups is 1. The molecule has 0 radical (unpaired) electrons. The topological polar surface area (TPSA) is 63.2 Å². The Morgan fingerprint density at radius 2 is 2.12 bits per heavy atom. The number of hydrogen-bond acceptors (Lipinski definition) is 4. The zero-order chi connectivity index (χ0) is 18.2. The fourth-order valence-electron chi connectivity index (χ4n) is 2.76. The van der Waals surface area contributed by atoms with E-state index in [1.807, 2.05) is 18.2 Å². The monoisotopic (exact) mass is 359 g/mol. The number of hydrogen-bond donors (Lipinski definition) is 2. The SMILES string of the molecule is CC1(C)Cc2cc(NC(=O)NCc3nc(C(C)(C)C)cs3)ccc2O1. The van der Waals surface area contributed by atoms with Crippen LogP contribution in [0.25, 0.3) is 0 Å². The molecule has 2 N–H and O–H groups in total. The molecule has 0 atom stereocenters. The third-order valence-electron chi connectivity index (χ3n) is 4.04. The molecule has 1 aliphatic rings. The van der Waals surface area contributed by atoms with Gasteiger partial charge in [0.15, 0.2) is 0 Å². The molecule has 2 heterocycles. The van der Waals surface area contributed by atoms with Gasteiger partial charge >= 0.3 is 6.03 Å². The van der Waals surface area contributed by atoms with Crippen molar-refractivity contribution in [3.05, 3.63) is 39.8 Å². The lowest BCUT2D eigenvalue weighted by Gasteiger charge is -2.16. The van der Waals surface area contributed by atoms with Crippen LogP contribution in [-0.4, -0.2) is 16.6 Å². The van der Waals surface area contributed by atoms with Gasteiger partial charge in [-0.15, -0.1) is 11.3 Å². The summed E-state index contributed by atoms with van der Waals surface area (Å²) >= 11 is 1.57. The lowest BCUT2D eigenvalue weighted by molar-refractivity contribution is 0.138. The fraction of sp³-hybridized carbons (Fsp3) is 0.474. The standard InChI is InChI=1S/C19H25N3O2S/c1-18(2,3)15-11-25-16(22-15)10-20-17(23)21-13-6-7-14-12(8-13)9-19(4,5)24-14/h6-8,11H,9-10H2,1-5H3,(H2,20,21,23). The third-order valence-corrected chi connectivity index (χ3v) is 4.89. The Bertz CT molecular complexity index is 790. The molecule has 0 spiro atoms. The second kappa shape index (κ2) is 6.33. The van der Waals surface area contributed by atoms with E-state index in [1.54, 1.807) is 11.3 Å². The molecule has 134 valence electrons. The average Bonchev–Trinajstić information content (AvgIpc) is 3.07. The van der Waals surface area contributed by atoms with Crippen LogP contribution in [-0.2, 0) is 18.4 Å². The highest BCUT2D eigenvalue weighted by molar-refractivity contribution is 7.09. The van der Waals surface area contributed by atoms with Crippen molar-refractivity contribution in [3.8, 4) is 5.75 Å². The van der Waals surface area contributed by atoms with E-state index < -0.39 is 0 Å². The molecule has 1 aromatic carbocycles. The van der Waals surface area contributed by atoms with E-state index in [0.717, 1.165) is 34.1 Å². The number of nitrogens with zero attached hydrogens (tertiary/aromatic N) is 1. The van der Waals surface area contributed by atoms with E-state index >= 15 is 0 Å². The van der Waals surface area contributed by atoms with Crippen molar-refractivity contribution in [2.24, 2.45) is 0 Å². The van der Waals surface area contributed by atoms with Gasteiger partial charge in [0.2, 0.25) is 0 Å². The first-order valence-electron chi connectivity index (χ1n) is 8.44. The number of aromatic nitrogens is 1. The summed E-state index contributed by atoms with van der Waals surface area (Å²) in [5, 5.41) is 8.70. The van der Waals surface area contributed by atoms with Crippen molar-refractivity contribution in [1.29, 1.82) is 0 Å². The van der Waals surface area contributed by atoms with Gasteiger partial charge in [-0.25, -0.2) is 9.78 Å². The van der Waals surface area contributed by atoms with Crippen molar-refractivity contribution < 1.29 is 9.53 Å². The van der Waals surface area contributed by atoms with E-state index in [-0.39, 0.29) is 17.0 Å². The largest absolute Gasteiger partial charge is 0.487 e. The highest BCUT2D eigenvalue weighted by atomic mass is 32.1. The van der Waals surface area contributed by atoms with Crippen molar-refractivity contribution >= 4 is 23.1 Å². The summed E-state index contributed by atoms with van der Waals surface area (Å²) < 4.78 is 5.85. The summed E-state index contributed by atoms with van der Waals surface area (Å²) in [6, 6.07) is 5.52. The molecular weight excluding hydrogens is 334 g/mol. The Morgan fingerprint density at radius 3 is 2.80 bits per heavy atom. The minimum Gasteiger partial charge on any atom is -0.487 e. The predicted molar refractivity (Wildman–Crippen MR) is 102 cm³/mol. The van der Waals surface area contributed by atoms with Crippen molar-refractivity contribution in [1.82, 2.24) is 10.3 Å². The summed E-state index contributed by atoms with van der Waals surface area (Å²) in [7, 11) is 0. The van der Waals surface area contributed by atoms with E-state index in [0.29, 0.717) is 6.54 Å². The van der Waals surface area contributed by atoms with Gasteiger partial charge in [0, 0.05) is 28.5 Å².